The Morgan fingerprint density at radius 1 is 1.05 bits per heavy atom. The maximum atomic E-state index is 12.5. The number of nitrogens with two attached hydrogens (primary N) is 1. The summed E-state index contributed by atoms with van der Waals surface area (Å²) < 4.78 is 24.9. The summed E-state index contributed by atoms with van der Waals surface area (Å²) in [5.41, 5.74) is 7.66. The van der Waals surface area contributed by atoms with Crippen LogP contribution in [-0.2, 0) is 9.84 Å². The van der Waals surface area contributed by atoms with Gasteiger partial charge in [-0.25, -0.2) is 8.42 Å². The van der Waals surface area contributed by atoms with Gasteiger partial charge in [-0.1, -0.05) is 42.5 Å². The minimum Gasteiger partial charge on any atom is -0.330 e. The van der Waals surface area contributed by atoms with Gasteiger partial charge >= 0.3 is 0 Å². The average Bonchev–Trinajstić information content (AvgIpc) is 2.46. The first-order chi connectivity index (χ1) is 9.53. The molecule has 20 heavy (non-hydrogen) atoms. The Labute approximate surface area is 120 Å². The van der Waals surface area contributed by atoms with Crippen molar-refractivity contribution in [3.63, 3.8) is 0 Å². The number of hydrogen-bond donors (Lipinski definition) is 1. The van der Waals surface area contributed by atoms with E-state index in [1.54, 1.807) is 18.2 Å². The lowest BCUT2D eigenvalue weighted by Crippen LogP contribution is -2.22. The Kier molecular flexibility index (Phi) is 4.57. The van der Waals surface area contributed by atoms with Crippen molar-refractivity contribution in [1.29, 1.82) is 0 Å². The zero-order chi connectivity index (χ0) is 14.6. The molecule has 0 saturated carbocycles. The van der Waals surface area contributed by atoms with Crippen molar-refractivity contribution in [2.75, 3.05) is 12.3 Å². The molecule has 1 atom stereocenters. The summed E-state index contributed by atoms with van der Waals surface area (Å²) in [5, 5.41) is 0. The van der Waals surface area contributed by atoms with Crippen LogP contribution in [0.3, 0.4) is 0 Å². The molecule has 0 saturated heterocycles. The predicted octanol–water partition coefficient (Wildman–Crippen LogP) is 2.51. The summed E-state index contributed by atoms with van der Waals surface area (Å²) in [5.74, 6) is -0.140. The summed E-state index contributed by atoms with van der Waals surface area (Å²) in [7, 11) is -3.32. The van der Waals surface area contributed by atoms with Gasteiger partial charge in [-0.2, -0.15) is 0 Å². The van der Waals surface area contributed by atoms with E-state index in [4.69, 9.17) is 5.73 Å². The monoisotopic (exact) mass is 289 g/mol. The highest BCUT2D eigenvalue weighted by Crippen LogP contribution is 2.21. The Balaban J connectivity index is 2.27. The van der Waals surface area contributed by atoms with Gasteiger partial charge in [-0.05, 0) is 30.2 Å². The molecule has 1 unspecified atom stereocenters. The number of benzene rings is 2. The van der Waals surface area contributed by atoms with Crippen LogP contribution in [-0.4, -0.2) is 20.7 Å². The van der Waals surface area contributed by atoms with E-state index in [1.807, 2.05) is 43.3 Å². The lowest BCUT2D eigenvalue weighted by Gasteiger charge is -2.15. The molecule has 0 bridgehead atoms. The van der Waals surface area contributed by atoms with E-state index in [0.29, 0.717) is 11.4 Å². The summed E-state index contributed by atoms with van der Waals surface area (Å²) in [6.07, 6.45) is 0. The quantitative estimate of drug-likeness (QED) is 0.920. The summed E-state index contributed by atoms with van der Waals surface area (Å²) >= 11 is 0. The Bertz CT molecular complexity index is 666. The van der Waals surface area contributed by atoms with Crippen LogP contribution in [0.5, 0.6) is 0 Å². The first-order valence-electron chi connectivity index (χ1n) is 6.57. The molecular formula is C16H19NO2S. The van der Waals surface area contributed by atoms with Crippen molar-refractivity contribution in [2.45, 2.75) is 17.7 Å². The third-order valence-electron chi connectivity index (χ3n) is 3.32. The molecule has 0 radical (unpaired) electrons. The maximum absolute atomic E-state index is 12.5. The number of sulfone groups is 1. The van der Waals surface area contributed by atoms with E-state index >= 15 is 0 Å². The lowest BCUT2D eigenvalue weighted by molar-refractivity contribution is 0.587. The Hall–Kier alpha value is -1.65. The smallest absolute Gasteiger partial charge is 0.179 e. The first kappa shape index (κ1) is 14.8. The summed E-state index contributed by atoms with van der Waals surface area (Å²) in [4.78, 5) is 0.367. The molecule has 0 fully saturated rings. The highest BCUT2D eigenvalue weighted by atomic mass is 32.2. The minimum absolute atomic E-state index is 0.0387. The minimum atomic E-state index is -3.32. The standard InChI is InChI=1S/C16H19NO2S/c1-13-6-5-9-16(10-13)20(18,19)12-15(11-17)14-7-3-2-4-8-14/h2-10,15H,11-12,17H2,1H3. The molecule has 2 aromatic rings. The summed E-state index contributed by atoms with van der Waals surface area (Å²) in [6.45, 7) is 2.20. The molecule has 2 N–H and O–H groups in total. The summed E-state index contributed by atoms with van der Waals surface area (Å²) in [6, 6.07) is 16.5. The molecule has 4 heteroatoms. The predicted molar refractivity (Wildman–Crippen MR) is 81.5 cm³/mol. The van der Waals surface area contributed by atoms with Crippen LogP contribution >= 0.6 is 0 Å². The maximum Gasteiger partial charge on any atom is 0.179 e. The second kappa shape index (κ2) is 6.20. The van der Waals surface area contributed by atoms with Gasteiger partial charge in [0.2, 0.25) is 0 Å². The van der Waals surface area contributed by atoms with Gasteiger partial charge in [0.25, 0.3) is 0 Å². The molecule has 3 nitrogen and oxygen atoms in total. The molecule has 2 rings (SSSR count). The van der Waals surface area contributed by atoms with Crippen LogP contribution in [0, 0.1) is 6.92 Å². The van der Waals surface area contributed by atoms with Crippen molar-refractivity contribution in [1.82, 2.24) is 0 Å². The number of aryl methyl sites for hydroxylation is 1. The molecule has 106 valence electrons. The number of hydrogen-bond acceptors (Lipinski definition) is 3. The highest BCUT2D eigenvalue weighted by Gasteiger charge is 2.21. The fraction of sp³-hybridized carbons (Fsp3) is 0.250. The molecule has 0 aliphatic rings. The van der Waals surface area contributed by atoms with Crippen LogP contribution < -0.4 is 5.73 Å². The van der Waals surface area contributed by atoms with Crippen molar-refractivity contribution >= 4 is 9.84 Å². The fourth-order valence-electron chi connectivity index (χ4n) is 2.20. The molecule has 0 aliphatic carbocycles. The van der Waals surface area contributed by atoms with Crippen LogP contribution in [0.1, 0.15) is 17.0 Å². The third kappa shape index (κ3) is 3.46. The average molecular weight is 289 g/mol. The molecule has 0 heterocycles. The van der Waals surface area contributed by atoms with E-state index in [-0.39, 0.29) is 11.7 Å². The zero-order valence-corrected chi connectivity index (χ0v) is 12.3. The van der Waals surface area contributed by atoms with Gasteiger partial charge in [0.05, 0.1) is 10.6 Å². The van der Waals surface area contributed by atoms with E-state index in [0.717, 1.165) is 11.1 Å². The second-order valence-corrected chi connectivity index (χ2v) is 6.98. The van der Waals surface area contributed by atoms with Crippen LogP contribution in [0.25, 0.3) is 0 Å². The fourth-order valence-corrected chi connectivity index (χ4v) is 3.90. The molecular weight excluding hydrogens is 270 g/mol. The van der Waals surface area contributed by atoms with Gasteiger partial charge in [-0.3, -0.25) is 0 Å². The molecule has 0 spiro atoms. The van der Waals surface area contributed by atoms with Crippen LogP contribution in [0.4, 0.5) is 0 Å². The van der Waals surface area contributed by atoms with E-state index in [2.05, 4.69) is 0 Å². The van der Waals surface area contributed by atoms with Gasteiger partial charge in [0.15, 0.2) is 9.84 Å². The normalized spacial score (nSPS) is 13.1. The number of rotatable bonds is 5. The van der Waals surface area contributed by atoms with E-state index < -0.39 is 9.84 Å². The van der Waals surface area contributed by atoms with Crippen molar-refractivity contribution in [3.05, 3.63) is 65.7 Å². The lowest BCUT2D eigenvalue weighted by atomic mass is 10.0. The zero-order valence-electron chi connectivity index (χ0n) is 11.5. The second-order valence-electron chi connectivity index (χ2n) is 4.94. The van der Waals surface area contributed by atoms with Crippen LogP contribution in [0.15, 0.2) is 59.5 Å². The molecule has 2 aromatic carbocycles. The molecule has 0 aromatic heterocycles. The van der Waals surface area contributed by atoms with E-state index in [9.17, 15) is 8.42 Å². The SMILES string of the molecule is Cc1cccc(S(=O)(=O)CC(CN)c2ccccc2)c1. The third-order valence-corrected chi connectivity index (χ3v) is 5.14. The van der Waals surface area contributed by atoms with Gasteiger partial charge < -0.3 is 5.73 Å². The first-order valence-corrected chi connectivity index (χ1v) is 8.22. The van der Waals surface area contributed by atoms with Crippen molar-refractivity contribution in [2.24, 2.45) is 5.73 Å². The molecule has 0 aliphatic heterocycles. The Morgan fingerprint density at radius 2 is 1.75 bits per heavy atom. The van der Waals surface area contributed by atoms with Crippen molar-refractivity contribution in [3.8, 4) is 0 Å². The topological polar surface area (TPSA) is 60.2 Å². The Morgan fingerprint density at radius 3 is 2.35 bits per heavy atom. The van der Waals surface area contributed by atoms with Crippen molar-refractivity contribution < 1.29 is 8.42 Å². The van der Waals surface area contributed by atoms with Gasteiger partial charge in [-0.15, -0.1) is 0 Å². The van der Waals surface area contributed by atoms with Crippen LogP contribution in [0.2, 0.25) is 0 Å². The molecule has 0 amide bonds. The highest BCUT2D eigenvalue weighted by molar-refractivity contribution is 7.91. The van der Waals surface area contributed by atoms with Gasteiger partial charge in [0.1, 0.15) is 0 Å². The largest absolute Gasteiger partial charge is 0.330 e. The van der Waals surface area contributed by atoms with E-state index in [1.165, 1.54) is 0 Å². The van der Waals surface area contributed by atoms with Gasteiger partial charge in [0, 0.05) is 12.5 Å².